The summed E-state index contributed by atoms with van der Waals surface area (Å²) in [5.41, 5.74) is 0.779. The van der Waals surface area contributed by atoms with Gasteiger partial charge in [-0.15, -0.1) is 0 Å². The third-order valence-electron chi connectivity index (χ3n) is 4.77. The summed E-state index contributed by atoms with van der Waals surface area (Å²) in [4.78, 5) is 17.1. The summed E-state index contributed by atoms with van der Waals surface area (Å²) in [5, 5.41) is 3.03. The van der Waals surface area contributed by atoms with E-state index in [1.807, 2.05) is 29.9 Å². The van der Waals surface area contributed by atoms with E-state index < -0.39 is 11.9 Å². The fourth-order valence-corrected chi connectivity index (χ4v) is 3.16. The average molecular weight is 427 g/mol. The van der Waals surface area contributed by atoms with Gasteiger partial charge < -0.3 is 24.1 Å². The fourth-order valence-electron chi connectivity index (χ4n) is 3.16. The van der Waals surface area contributed by atoms with Gasteiger partial charge in [-0.1, -0.05) is 12.1 Å². The van der Waals surface area contributed by atoms with Crippen molar-refractivity contribution in [3.05, 3.63) is 72.1 Å². The largest absolute Gasteiger partial charge is 0.497 e. The molecule has 0 fully saturated rings. The van der Waals surface area contributed by atoms with Gasteiger partial charge in [-0.3, -0.25) is 4.79 Å². The number of imidazole rings is 1. The maximum absolute atomic E-state index is 13.6. The first-order valence-electron chi connectivity index (χ1n) is 9.88. The normalized spacial score (nSPS) is 11.6. The second-order valence-electron chi connectivity index (χ2n) is 6.93. The zero-order valence-electron chi connectivity index (χ0n) is 17.8. The van der Waals surface area contributed by atoms with Gasteiger partial charge in [-0.05, 0) is 36.2 Å². The molecule has 2 aromatic carbocycles. The molecule has 31 heavy (non-hydrogen) atoms. The molecule has 0 bridgehead atoms. The zero-order valence-corrected chi connectivity index (χ0v) is 17.8. The number of amides is 1. The molecule has 1 N–H and O–H groups in total. The first-order chi connectivity index (χ1) is 15.0. The maximum Gasteiger partial charge on any atom is 0.220 e. The van der Waals surface area contributed by atoms with Gasteiger partial charge in [0.25, 0.3) is 0 Å². The van der Waals surface area contributed by atoms with Crippen LogP contribution in [0.25, 0.3) is 0 Å². The third-order valence-corrected chi connectivity index (χ3v) is 4.77. The Balaban J connectivity index is 1.69. The second kappa shape index (κ2) is 10.5. The number of rotatable bonds is 10. The van der Waals surface area contributed by atoms with Crippen LogP contribution in [-0.2, 0) is 11.8 Å². The number of para-hydroxylation sites is 1. The number of carbonyl (C=O) groups is 1. The van der Waals surface area contributed by atoms with E-state index in [0.29, 0.717) is 23.7 Å². The smallest absolute Gasteiger partial charge is 0.220 e. The van der Waals surface area contributed by atoms with Crippen LogP contribution in [0.4, 0.5) is 4.39 Å². The Kier molecular flexibility index (Phi) is 7.48. The van der Waals surface area contributed by atoms with Crippen LogP contribution in [0.5, 0.6) is 17.2 Å². The molecule has 0 radical (unpaired) electrons. The van der Waals surface area contributed by atoms with E-state index >= 15 is 0 Å². The molecule has 7 nitrogen and oxygen atoms in total. The van der Waals surface area contributed by atoms with E-state index in [0.717, 1.165) is 5.56 Å². The molecule has 1 aromatic heterocycles. The number of hydrogen-bond acceptors (Lipinski definition) is 5. The van der Waals surface area contributed by atoms with Crippen molar-refractivity contribution in [3.8, 4) is 17.2 Å². The topological polar surface area (TPSA) is 74.6 Å². The van der Waals surface area contributed by atoms with Crippen molar-refractivity contribution in [2.24, 2.45) is 7.05 Å². The van der Waals surface area contributed by atoms with Crippen molar-refractivity contribution < 1.29 is 23.4 Å². The number of nitrogens with zero attached hydrogens (tertiary/aromatic N) is 2. The van der Waals surface area contributed by atoms with Crippen LogP contribution in [0, 0.1) is 5.82 Å². The Hall–Kier alpha value is -3.55. The molecule has 1 heterocycles. The minimum Gasteiger partial charge on any atom is -0.497 e. The number of methoxy groups -OCH3 is 2. The van der Waals surface area contributed by atoms with Crippen molar-refractivity contribution in [1.82, 2.24) is 14.9 Å². The van der Waals surface area contributed by atoms with E-state index in [-0.39, 0.29) is 24.7 Å². The number of aryl methyl sites for hydroxylation is 1. The van der Waals surface area contributed by atoms with E-state index in [9.17, 15) is 9.18 Å². The van der Waals surface area contributed by atoms with Crippen molar-refractivity contribution in [2.75, 3.05) is 20.8 Å². The summed E-state index contributed by atoms with van der Waals surface area (Å²) in [7, 11) is 5.01. The van der Waals surface area contributed by atoms with Gasteiger partial charge in [-0.25, -0.2) is 9.37 Å². The monoisotopic (exact) mass is 427 g/mol. The van der Waals surface area contributed by atoms with Gasteiger partial charge in [-0.2, -0.15) is 0 Å². The van der Waals surface area contributed by atoms with Crippen molar-refractivity contribution in [2.45, 2.75) is 18.9 Å². The molecule has 3 rings (SSSR count). The number of aromatic nitrogens is 2. The molecule has 3 aromatic rings. The van der Waals surface area contributed by atoms with E-state index in [1.54, 1.807) is 44.7 Å². The number of hydrogen-bond donors (Lipinski definition) is 1. The van der Waals surface area contributed by atoms with Crippen molar-refractivity contribution in [3.63, 3.8) is 0 Å². The number of halogens is 1. The van der Waals surface area contributed by atoms with Crippen LogP contribution < -0.4 is 19.5 Å². The Bertz CT molecular complexity index is 999. The molecule has 0 aliphatic heterocycles. The molecule has 0 spiro atoms. The molecule has 1 amide bonds. The highest BCUT2D eigenvalue weighted by Gasteiger charge is 2.22. The lowest BCUT2D eigenvalue weighted by Crippen LogP contribution is -2.31. The first kappa shape index (κ1) is 22.1. The summed E-state index contributed by atoms with van der Waals surface area (Å²) in [6, 6.07) is 11.1. The number of nitrogens with one attached hydrogen (secondary N) is 1. The van der Waals surface area contributed by atoms with Crippen molar-refractivity contribution >= 4 is 5.91 Å². The lowest BCUT2D eigenvalue weighted by atomic mass is 10.0. The van der Waals surface area contributed by atoms with E-state index in [1.165, 1.54) is 6.07 Å². The highest BCUT2D eigenvalue weighted by Crippen LogP contribution is 2.29. The minimum absolute atomic E-state index is 0.174. The predicted molar refractivity (Wildman–Crippen MR) is 114 cm³/mol. The average Bonchev–Trinajstić information content (AvgIpc) is 3.21. The van der Waals surface area contributed by atoms with Gasteiger partial charge in [0.1, 0.15) is 23.4 Å². The molecule has 1 unspecified atom stereocenters. The van der Waals surface area contributed by atoms with Gasteiger partial charge in [0, 0.05) is 31.9 Å². The molecule has 1 atom stereocenters. The van der Waals surface area contributed by atoms with Crippen molar-refractivity contribution in [1.29, 1.82) is 0 Å². The maximum atomic E-state index is 13.6. The van der Waals surface area contributed by atoms with Crippen LogP contribution in [0.15, 0.2) is 54.9 Å². The first-order valence-corrected chi connectivity index (χ1v) is 9.88. The summed E-state index contributed by atoms with van der Waals surface area (Å²) in [6.07, 6.45) is 4.15. The van der Waals surface area contributed by atoms with Gasteiger partial charge >= 0.3 is 0 Å². The Morgan fingerprint density at radius 2 is 1.87 bits per heavy atom. The lowest BCUT2D eigenvalue weighted by Gasteiger charge is -2.20. The van der Waals surface area contributed by atoms with Crippen LogP contribution in [-0.4, -0.2) is 36.3 Å². The van der Waals surface area contributed by atoms with Crippen LogP contribution in [0.3, 0.4) is 0 Å². The Morgan fingerprint density at radius 3 is 2.48 bits per heavy atom. The molecule has 0 saturated heterocycles. The van der Waals surface area contributed by atoms with Crippen LogP contribution in [0.1, 0.15) is 30.3 Å². The predicted octanol–water partition coefficient (Wildman–Crippen LogP) is 3.64. The molecule has 0 aliphatic carbocycles. The standard InChI is InChI=1S/C23H26FN3O4/c1-27-11-10-25-23(27)22(16-13-17(29-2)15-18(14-16)30-3)26-21(28)9-6-12-31-20-8-5-4-7-19(20)24/h4-5,7-8,10-11,13-15,22H,6,9,12H2,1-3H3,(H,26,28). The molecular weight excluding hydrogens is 401 g/mol. The molecule has 0 aliphatic rings. The highest BCUT2D eigenvalue weighted by molar-refractivity contribution is 5.76. The van der Waals surface area contributed by atoms with E-state index in [2.05, 4.69) is 10.3 Å². The highest BCUT2D eigenvalue weighted by atomic mass is 19.1. The molecule has 8 heteroatoms. The summed E-state index contributed by atoms with van der Waals surface area (Å²) in [6.45, 7) is 0.231. The van der Waals surface area contributed by atoms with Gasteiger partial charge in [0.15, 0.2) is 11.6 Å². The second-order valence-corrected chi connectivity index (χ2v) is 6.93. The van der Waals surface area contributed by atoms with Crippen LogP contribution >= 0.6 is 0 Å². The third kappa shape index (κ3) is 5.75. The fraction of sp³-hybridized carbons (Fsp3) is 0.304. The van der Waals surface area contributed by atoms with Gasteiger partial charge in [0.2, 0.25) is 5.91 Å². The molecule has 0 saturated carbocycles. The van der Waals surface area contributed by atoms with E-state index in [4.69, 9.17) is 14.2 Å². The SMILES string of the molecule is COc1cc(OC)cc(C(NC(=O)CCCOc2ccccc2F)c2nccn2C)c1. The summed E-state index contributed by atoms with van der Waals surface area (Å²) >= 11 is 0. The summed E-state index contributed by atoms with van der Waals surface area (Å²) in [5.74, 6) is 1.48. The number of benzene rings is 2. The Morgan fingerprint density at radius 1 is 1.16 bits per heavy atom. The Labute approximate surface area is 180 Å². The van der Waals surface area contributed by atoms with Gasteiger partial charge in [0.05, 0.1) is 20.8 Å². The minimum atomic E-state index is -0.496. The zero-order chi connectivity index (χ0) is 22.2. The number of carbonyl (C=O) groups excluding carboxylic acids is 1. The van der Waals surface area contributed by atoms with Crippen LogP contribution in [0.2, 0.25) is 0 Å². The molecular formula is C23H26FN3O4. The lowest BCUT2D eigenvalue weighted by molar-refractivity contribution is -0.121. The number of ether oxygens (including phenoxy) is 3. The summed E-state index contributed by atoms with van der Waals surface area (Å²) < 4.78 is 31.6. The molecule has 164 valence electrons. The quantitative estimate of drug-likeness (QED) is 0.500.